The number of esters is 1. The van der Waals surface area contributed by atoms with Gasteiger partial charge in [-0.25, -0.2) is 0 Å². The largest absolute Gasteiger partial charge is 0.450 e. The van der Waals surface area contributed by atoms with E-state index in [-0.39, 0.29) is 29.5 Å². The third kappa shape index (κ3) is 1.49. The Bertz CT molecular complexity index is 441. The maximum Gasteiger partial charge on any atom is 0.310 e. The second kappa shape index (κ2) is 3.81. The highest BCUT2D eigenvalue weighted by Crippen LogP contribution is 2.57. The molecule has 1 saturated heterocycles. The number of carbonyl (C=O) groups excluding carboxylic acids is 2. The molecule has 4 heteroatoms. The van der Waals surface area contributed by atoms with Crippen LogP contribution < -0.4 is 0 Å². The third-order valence-corrected chi connectivity index (χ3v) is 5.75. The van der Waals surface area contributed by atoms with E-state index in [1.54, 1.807) is 6.92 Å². The van der Waals surface area contributed by atoms with Crippen molar-refractivity contribution in [2.24, 2.45) is 23.7 Å². The zero-order chi connectivity index (χ0) is 14.0. The van der Waals surface area contributed by atoms with E-state index in [1.165, 1.54) is 0 Å². The summed E-state index contributed by atoms with van der Waals surface area (Å²) in [6.45, 7) is 5.55. The molecule has 1 spiro atoms. The molecule has 2 aliphatic carbocycles. The summed E-state index contributed by atoms with van der Waals surface area (Å²) in [7, 11) is 0. The number of Topliss-reactive ketones (excluding diaryl/α,β-unsaturated/α-hetero) is 1. The summed E-state index contributed by atoms with van der Waals surface area (Å²) in [6, 6.07) is 0. The molecule has 3 aliphatic rings. The smallest absolute Gasteiger partial charge is 0.310 e. The first-order chi connectivity index (χ1) is 8.80. The average Bonchev–Trinajstić information content (AvgIpc) is 2.59. The van der Waals surface area contributed by atoms with Crippen molar-refractivity contribution in [1.82, 2.24) is 0 Å². The lowest BCUT2D eigenvalue weighted by Crippen LogP contribution is -2.65. The summed E-state index contributed by atoms with van der Waals surface area (Å²) in [5, 5.41) is 10.3. The summed E-state index contributed by atoms with van der Waals surface area (Å²) in [6.07, 6.45) is 3.11. The van der Waals surface area contributed by atoms with Gasteiger partial charge in [-0.3, -0.25) is 9.59 Å². The highest BCUT2D eigenvalue weighted by atomic mass is 16.6. The minimum Gasteiger partial charge on any atom is -0.450 e. The zero-order valence-corrected chi connectivity index (χ0v) is 11.8. The molecule has 19 heavy (non-hydrogen) atoms. The molecular weight excluding hydrogens is 244 g/mol. The highest BCUT2D eigenvalue weighted by Gasteiger charge is 2.69. The molecule has 1 heterocycles. The molecule has 0 bridgehead atoms. The van der Waals surface area contributed by atoms with E-state index in [2.05, 4.69) is 6.92 Å². The van der Waals surface area contributed by atoms with E-state index in [0.29, 0.717) is 12.3 Å². The first kappa shape index (κ1) is 13.1. The van der Waals surface area contributed by atoms with Gasteiger partial charge in [-0.15, -0.1) is 0 Å². The fourth-order valence-corrected chi connectivity index (χ4v) is 4.61. The van der Waals surface area contributed by atoms with Crippen molar-refractivity contribution < 1.29 is 19.4 Å². The van der Waals surface area contributed by atoms with Crippen LogP contribution in [-0.2, 0) is 14.3 Å². The Labute approximate surface area is 113 Å². The summed E-state index contributed by atoms with van der Waals surface area (Å²) in [5.41, 5.74) is -2.40. The molecule has 4 nitrogen and oxygen atoms in total. The van der Waals surface area contributed by atoms with Crippen LogP contribution in [0.4, 0.5) is 0 Å². The van der Waals surface area contributed by atoms with Crippen molar-refractivity contribution in [2.45, 2.75) is 57.7 Å². The first-order valence-corrected chi connectivity index (χ1v) is 7.31. The standard InChI is InChI=1S/C15H22O4/c1-8-4-5-11-9(2)12(16)19-15(11)10(8)6-7-14(3,18)13(15)17/h8-11,18H,4-7H2,1-3H3/t8-,9-,10+,11+,14-,15+/m1/s1. The number of rotatable bonds is 0. The van der Waals surface area contributed by atoms with E-state index < -0.39 is 11.2 Å². The summed E-state index contributed by atoms with van der Waals surface area (Å²) in [5.74, 6) is -0.365. The van der Waals surface area contributed by atoms with Crippen LogP contribution in [0.3, 0.4) is 0 Å². The molecule has 3 rings (SSSR count). The zero-order valence-electron chi connectivity index (χ0n) is 11.8. The molecule has 1 aliphatic heterocycles. The molecule has 0 aromatic heterocycles. The molecule has 0 unspecified atom stereocenters. The van der Waals surface area contributed by atoms with Crippen molar-refractivity contribution in [2.75, 3.05) is 0 Å². The molecule has 2 saturated carbocycles. The fraction of sp³-hybridized carbons (Fsp3) is 0.867. The number of aliphatic hydroxyl groups is 1. The second-order valence-electron chi connectivity index (χ2n) is 6.91. The Morgan fingerprint density at radius 1 is 1.16 bits per heavy atom. The number of hydrogen-bond donors (Lipinski definition) is 1. The molecule has 0 radical (unpaired) electrons. The van der Waals surface area contributed by atoms with Crippen LogP contribution in [0.2, 0.25) is 0 Å². The molecule has 106 valence electrons. The maximum absolute atomic E-state index is 12.8. The van der Waals surface area contributed by atoms with Crippen LogP contribution in [0.5, 0.6) is 0 Å². The van der Waals surface area contributed by atoms with E-state index in [4.69, 9.17) is 4.74 Å². The monoisotopic (exact) mass is 266 g/mol. The quantitative estimate of drug-likeness (QED) is 0.678. The molecule has 1 N–H and O–H groups in total. The van der Waals surface area contributed by atoms with Gasteiger partial charge in [-0.05, 0) is 38.5 Å². The summed E-state index contributed by atoms with van der Waals surface area (Å²) < 4.78 is 5.64. The lowest BCUT2D eigenvalue weighted by Gasteiger charge is -2.52. The Kier molecular flexibility index (Phi) is 2.63. The van der Waals surface area contributed by atoms with Gasteiger partial charge in [-0.2, -0.15) is 0 Å². The van der Waals surface area contributed by atoms with Crippen molar-refractivity contribution in [1.29, 1.82) is 0 Å². The SMILES string of the molecule is C[C@@H]1CC[C@H]2[C@@H](C)C(=O)O[C@]23C(=O)[C@](C)(O)CC[C@@H]13. The number of carbonyl (C=O) groups is 2. The van der Waals surface area contributed by atoms with E-state index >= 15 is 0 Å². The van der Waals surface area contributed by atoms with E-state index in [1.807, 2.05) is 6.92 Å². The Hall–Kier alpha value is -0.900. The molecule has 0 aromatic rings. The van der Waals surface area contributed by atoms with Gasteiger partial charge in [-0.1, -0.05) is 13.8 Å². The van der Waals surface area contributed by atoms with Crippen molar-refractivity contribution in [3.63, 3.8) is 0 Å². The molecule has 6 atom stereocenters. The second-order valence-corrected chi connectivity index (χ2v) is 6.91. The van der Waals surface area contributed by atoms with Gasteiger partial charge in [0, 0.05) is 11.8 Å². The Morgan fingerprint density at radius 3 is 2.53 bits per heavy atom. The number of ether oxygens (including phenoxy) is 1. The molecule has 3 fully saturated rings. The van der Waals surface area contributed by atoms with Crippen LogP contribution >= 0.6 is 0 Å². The topological polar surface area (TPSA) is 63.6 Å². The van der Waals surface area contributed by atoms with Crippen molar-refractivity contribution in [3.8, 4) is 0 Å². The van der Waals surface area contributed by atoms with Gasteiger partial charge >= 0.3 is 5.97 Å². The predicted molar refractivity (Wildman–Crippen MR) is 68.2 cm³/mol. The fourth-order valence-electron chi connectivity index (χ4n) is 4.61. The van der Waals surface area contributed by atoms with Crippen LogP contribution in [0.25, 0.3) is 0 Å². The van der Waals surface area contributed by atoms with Gasteiger partial charge in [0.25, 0.3) is 0 Å². The highest BCUT2D eigenvalue weighted by molar-refractivity contribution is 5.99. The van der Waals surface area contributed by atoms with Gasteiger partial charge in [0.05, 0.1) is 5.92 Å². The lowest BCUT2D eigenvalue weighted by atomic mass is 9.54. The van der Waals surface area contributed by atoms with Gasteiger partial charge in [0.1, 0.15) is 5.60 Å². The Balaban J connectivity index is 2.11. The predicted octanol–water partition coefficient (Wildman–Crippen LogP) is 1.69. The van der Waals surface area contributed by atoms with Gasteiger partial charge < -0.3 is 9.84 Å². The van der Waals surface area contributed by atoms with Crippen molar-refractivity contribution >= 4 is 11.8 Å². The third-order valence-electron chi connectivity index (χ3n) is 5.75. The van der Waals surface area contributed by atoms with Crippen molar-refractivity contribution in [3.05, 3.63) is 0 Å². The first-order valence-electron chi connectivity index (χ1n) is 7.31. The molecule has 0 aromatic carbocycles. The number of ketones is 1. The van der Waals surface area contributed by atoms with Gasteiger partial charge in [0.2, 0.25) is 5.78 Å². The normalized spacial score (nSPS) is 53.5. The summed E-state index contributed by atoms with van der Waals surface area (Å²) in [4.78, 5) is 24.8. The minimum absolute atomic E-state index is 0.0551. The van der Waals surface area contributed by atoms with Gasteiger partial charge in [0.15, 0.2) is 5.60 Å². The maximum atomic E-state index is 12.8. The average molecular weight is 266 g/mol. The number of hydrogen-bond acceptors (Lipinski definition) is 4. The van der Waals surface area contributed by atoms with E-state index in [9.17, 15) is 14.7 Å². The van der Waals surface area contributed by atoms with Crippen LogP contribution in [-0.4, -0.2) is 28.1 Å². The molecular formula is C15H22O4. The minimum atomic E-state index is -1.35. The Morgan fingerprint density at radius 2 is 1.84 bits per heavy atom. The van der Waals surface area contributed by atoms with Crippen LogP contribution in [0.15, 0.2) is 0 Å². The van der Waals surface area contributed by atoms with Crippen LogP contribution in [0.1, 0.15) is 46.5 Å². The molecule has 0 amide bonds. The van der Waals surface area contributed by atoms with E-state index in [0.717, 1.165) is 19.3 Å². The lowest BCUT2D eigenvalue weighted by molar-refractivity contribution is -0.194. The van der Waals surface area contributed by atoms with Crippen LogP contribution in [0, 0.1) is 23.7 Å². The summed E-state index contributed by atoms with van der Waals surface area (Å²) >= 11 is 0.